The maximum Gasteiger partial charge on any atom is 0.125 e. The van der Waals surface area contributed by atoms with Crippen LogP contribution in [0.3, 0.4) is 0 Å². The predicted octanol–water partition coefficient (Wildman–Crippen LogP) is 2.25. The number of nitrogens with zero attached hydrogens (tertiary/aromatic N) is 3. The average Bonchev–Trinajstić information content (AvgIpc) is 2.51. The molecule has 1 aromatic carbocycles. The first-order chi connectivity index (χ1) is 8.70. The molecule has 3 nitrogen and oxygen atoms in total. The Morgan fingerprint density at radius 2 is 2.28 bits per heavy atom. The van der Waals surface area contributed by atoms with E-state index in [-0.39, 0.29) is 11.9 Å². The van der Waals surface area contributed by atoms with Crippen molar-refractivity contribution < 1.29 is 4.39 Å². The zero-order valence-corrected chi connectivity index (χ0v) is 10.6. The summed E-state index contributed by atoms with van der Waals surface area (Å²) in [4.78, 5) is 4.40. The highest BCUT2D eigenvalue weighted by Crippen LogP contribution is 2.22. The van der Waals surface area contributed by atoms with E-state index < -0.39 is 0 Å². The molecule has 96 valence electrons. The quantitative estimate of drug-likeness (QED) is 0.803. The molecule has 0 radical (unpaired) electrons. The number of benzene rings is 1. The average molecular weight is 247 g/mol. The third kappa shape index (κ3) is 2.99. The molecule has 1 atom stereocenters. The standard InChI is InChI=1S/C14H18FN3/c1-17-8-3-9-18(14(11-17)6-7-16)13-5-2-4-12(15)10-13/h2,4-5,10,14H,3,6,8-9,11H2,1H3. The summed E-state index contributed by atoms with van der Waals surface area (Å²) in [6, 6.07) is 9.02. The molecule has 0 spiro atoms. The Morgan fingerprint density at radius 1 is 1.44 bits per heavy atom. The van der Waals surface area contributed by atoms with E-state index in [0.29, 0.717) is 6.42 Å². The van der Waals surface area contributed by atoms with E-state index in [2.05, 4.69) is 22.9 Å². The van der Waals surface area contributed by atoms with E-state index in [4.69, 9.17) is 5.26 Å². The first kappa shape index (κ1) is 12.8. The lowest BCUT2D eigenvalue weighted by atomic mass is 10.1. The number of likely N-dealkylation sites (N-methyl/N-ethyl adjacent to an activating group) is 1. The molecule has 1 saturated heterocycles. The van der Waals surface area contributed by atoms with E-state index in [9.17, 15) is 4.39 Å². The van der Waals surface area contributed by atoms with Crippen LogP contribution in [0.5, 0.6) is 0 Å². The molecule has 0 aliphatic carbocycles. The fraction of sp³-hybridized carbons (Fsp3) is 0.500. The first-order valence-corrected chi connectivity index (χ1v) is 6.28. The largest absolute Gasteiger partial charge is 0.366 e. The molecule has 1 unspecified atom stereocenters. The lowest BCUT2D eigenvalue weighted by Gasteiger charge is -2.31. The van der Waals surface area contributed by atoms with Crippen molar-refractivity contribution in [1.29, 1.82) is 5.26 Å². The highest BCUT2D eigenvalue weighted by molar-refractivity contribution is 5.48. The van der Waals surface area contributed by atoms with Crippen LogP contribution in [0.4, 0.5) is 10.1 Å². The number of nitriles is 1. The smallest absolute Gasteiger partial charge is 0.125 e. The highest BCUT2D eigenvalue weighted by atomic mass is 19.1. The second-order valence-corrected chi connectivity index (χ2v) is 4.81. The van der Waals surface area contributed by atoms with Crippen LogP contribution in [-0.4, -0.2) is 37.6 Å². The summed E-state index contributed by atoms with van der Waals surface area (Å²) in [6.07, 6.45) is 1.51. The number of anilines is 1. The van der Waals surface area contributed by atoms with Gasteiger partial charge in [-0.05, 0) is 38.2 Å². The van der Waals surface area contributed by atoms with Crippen LogP contribution in [-0.2, 0) is 0 Å². The SMILES string of the molecule is CN1CCCN(c2cccc(F)c2)C(CC#N)C1. The van der Waals surface area contributed by atoms with Gasteiger partial charge < -0.3 is 9.80 Å². The van der Waals surface area contributed by atoms with Gasteiger partial charge in [0.25, 0.3) is 0 Å². The van der Waals surface area contributed by atoms with Gasteiger partial charge in [0.1, 0.15) is 5.82 Å². The number of halogens is 1. The van der Waals surface area contributed by atoms with E-state index in [0.717, 1.165) is 31.7 Å². The maximum absolute atomic E-state index is 13.3. The van der Waals surface area contributed by atoms with Crippen LogP contribution in [0.2, 0.25) is 0 Å². The fourth-order valence-corrected chi connectivity index (χ4v) is 2.52. The van der Waals surface area contributed by atoms with E-state index in [1.807, 2.05) is 6.07 Å². The zero-order chi connectivity index (χ0) is 13.0. The van der Waals surface area contributed by atoms with Crippen molar-refractivity contribution in [2.45, 2.75) is 18.9 Å². The summed E-state index contributed by atoms with van der Waals surface area (Å²) in [6.45, 7) is 2.75. The Hall–Kier alpha value is -1.60. The second-order valence-electron chi connectivity index (χ2n) is 4.81. The monoisotopic (exact) mass is 247 g/mol. The van der Waals surface area contributed by atoms with Crippen LogP contribution in [0.25, 0.3) is 0 Å². The van der Waals surface area contributed by atoms with Crippen LogP contribution in [0.1, 0.15) is 12.8 Å². The van der Waals surface area contributed by atoms with Gasteiger partial charge in [-0.15, -0.1) is 0 Å². The second kappa shape index (κ2) is 5.83. The van der Waals surface area contributed by atoms with Crippen molar-refractivity contribution in [1.82, 2.24) is 4.90 Å². The summed E-state index contributed by atoms with van der Waals surface area (Å²) in [5.74, 6) is -0.221. The van der Waals surface area contributed by atoms with Crippen molar-refractivity contribution in [3.8, 4) is 6.07 Å². The van der Waals surface area contributed by atoms with Gasteiger partial charge in [0.2, 0.25) is 0 Å². The van der Waals surface area contributed by atoms with Gasteiger partial charge >= 0.3 is 0 Å². The Bertz CT molecular complexity index is 441. The molecule has 1 aromatic rings. The minimum atomic E-state index is -0.221. The van der Waals surface area contributed by atoms with Crippen LogP contribution < -0.4 is 4.90 Å². The molecule has 1 heterocycles. The van der Waals surface area contributed by atoms with Crippen molar-refractivity contribution in [3.05, 3.63) is 30.1 Å². The molecular formula is C14H18FN3. The van der Waals surface area contributed by atoms with Gasteiger partial charge in [-0.2, -0.15) is 5.26 Å². The third-order valence-corrected chi connectivity index (χ3v) is 3.37. The van der Waals surface area contributed by atoms with Crippen LogP contribution in [0.15, 0.2) is 24.3 Å². The van der Waals surface area contributed by atoms with Gasteiger partial charge in [-0.25, -0.2) is 4.39 Å². The van der Waals surface area contributed by atoms with E-state index in [1.54, 1.807) is 12.1 Å². The Labute approximate surface area is 107 Å². The summed E-state index contributed by atoms with van der Waals surface area (Å²) >= 11 is 0. The molecule has 0 bridgehead atoms. The fourth-order valence-electron chi connectivity index (χ4n) is 2.52. The van der Waals surface area contributed by atoms with Crippen molar-refractivity contribution in [3.63, 3.8) is 0 Å². The first-order valence-electron chi connectivity index (χ1n) is 6.28. The molecule has 0 amide bonds. The van der Waals surface area contributed by atoms with Gasteiger partial charge in [0.05, 0.1) is 18.5 Å². The van der Waals surface area contributed by atoms with Crippen molar-refractivity contribution in [2.24, 2.45) is 0 Å². The third-order valence-electron chi connectivity index (χ3n) is 3.37. The minimum absolute atomic E-state index is 0.143. The predicted molar refractivity (Wildman–Crippen MR) is 69.9 cm³/mol. The molecule has 2 rings (SSSR count). The molecule has 1 aliphatic heterocycles. The zero-order valence-electron chi connectivity index (χ0n) is 10.6. The Balaban J connectivity index is 2.24. The summed E-state index contributed by atoms with van der Waals surface area (Å²) in [5, 5.41) is 8.95. The topological polar surface area (TPSA) is 30.3 Å². The molecular weight excluding hydrogens is 229 g/mol. The van der Waals surface area contributed by atoms with Crippen molar-refractivity contribution >= 4 is 5.69 Å². The van der Waals surface area contributed by atoms with Crippen molar-refractivity contribution in [2.75, 3.05) is 31.6 Å². The summed E-state index contributed by atoms with van der Waals surface area (Å²) < 4.78 is 13.3. The molecule has 1 aliphatic rings. The number of hydrogen-bond donors (Lipinski definition) is 0. The summed E-state index contributed by atoms with van der Waals surface area (Å²) in [7, 11) is 2.07. The highest BCUT2D eigenvalue weighted by Gasteiger charge is 2.23. The van der Waals surface area contributed by atoms with Gasteiger partial charge in [-0.1, -0.05) is 6.07 Å². The maximum atomic E-state index is 13.3. The molecule has 0 aromatic heterocycles. The van der Waals surface area contributed by atoms with Gasteiger partial charge in [0, 0.05) is 18.8 Å². The number of rotatable bonds is 2. The van der Waals surface area contributed by atoms with Gasteiger partial charge in [0.15, 0.2) is 0 Å². The molecule has 0 saturated carbocycles. The van der Waals surface area contributed by atoms with Gasteiger partial charge in [-0.3, -0.25) is 0 Å². The lowest BCUT2D eigenvalue weighted by Crippen LogP contribution is -2.40. The lowest BCUT2D eigenvalue weighted by molar-refractivity contribution is 0.332. The molecule has 1 fully saturated rings. The molecule has 0 N–H and O–H groups in total. The van der Waals surface area contributed by atoms with E-state index >= 15 is 0 Å². The molecule has 18 heavy (non-hydrogen) atoms. The molecule has 4 heteroatoms. The minimum Gasteiger partial charge on any atom is -0.366 e. The van der Waals surface area contributed by atoms with Crippen LogP contribution in [0, 0.1) is 17.1 Å². The Morgan fingerprint density at radius 3 is 3.00 bits per heavy atom. The van der Waals surface area contributed by atoms with Crippen LogP contribution >= 0.6 is 0 Å². The van der Waals surface area contributed by atoms with E-state index in [1.165, 1.54) is 6.07 Å². The Kier molecular flexibility index (Phi) is 4.16. The number of hydrogen-bond acceptors (Lipinski definition) is 3. The normalized spacial score (nSPS) is 21.4. The summed E-state index contributed by atoms with van der Waals surface area (Å²) in [5.41, 5.74) is 0.880.